The lowest BCUT2D eigenvalue weighted by atomic mass is 10.1. The zero-order chi connectivity index (χ0) is 18.8. The number of carbonyl (C=O) groups is 1. The molecule has 5 nitrogen and oxygen atoms in total. The van der Waals surface area contributed by atoms with Crippen molar-refractivity contribution in [2.45, 2.75) is 32.7 Å². The van der Waals surface area contributed by atoms with Crippen molar-refractivity contribution in [3.05, 3.63) is 75.7 Å². The third kappa shape index (κ3) is 3.50. The molecule has 0 saturated carbocycles. The molecule has 0 radical (unpaired) electrons. The summed E-state index contributed by atoms with van der Waals surface area (Å²) in [6.07, 6.45) is 3.31. The number of nitrogens with zero attached hydrogens (tertiary/aromatic N) is 3. The van der Waals surface area contributed by atoms with Crippen molar-refractivity contribution in [2.75, 3.05) is 13.1 Å². The fraction of sp³-hybridized carbons (Fsp3) is 0.318. The number of hydrogen-bond donors (Lipinski definition) is 0. The number of piperidine rings is 1. The first-order chi connectivity index (χ1) is 13.1. The third-order valence-electron chi connectivity index (χ3n) is 5.18. The minimum absolute atomic E-state index is 0.0527. The second-order valence-electron chi connectivity index (χ2n) is 7.13. The molecule has 0 N–H and O–H groups in total. The molecule has 5 heteroatoms. The van der Waals surface area contributed by atoms with E-state index in [1.807, 2.05) is 53.4 Å². The molecule has 0 unspecified atom stereocenters. The number of likely N-dealkylation sites (tertiary alicyclic amines) is 1. The van der Waals surface area contributed by atoms with Gasteiger partial charge in [0.25, 0.3) is 11.5 Å². The molecule has 138 valence electrons. The molecule has 3 aromatic rings. The normalized spacial score (nSPS) is 14.5. The van der Waals surface area contributed by atoms with Gasteiger partial charge in [0, 0.05) is 18.7 Å². The van der Waals surface area contributed by atoms with Gasteiger partial charge in [0.05, 0.1) is 17.6 Å². The second kappa shape index (κ2) is 7.35. The van der Waals surface area contributed by atoms with Gasteiger partial charge in [0.1, 0.15) is 5.69 Å². The number of aromatic nitrogens is 2. The highest BCUT2D eigenvalue weighted by molar-refractivity contribution is 5.97. The number of rotatable bonds is 3. The lowest BCUT2D eigenvalue weighted by molar-refractivity contribution is 0.0724. The maximum absolute atomic E-state index is 12.8. The van der Waals surface area contributed by atoms with Crippen molar-refractivity contribution in [1.29, 1.82) is 0 Å². The number of hydrogen-bond acceptors (Lipinski definition) is 3. The van der Waals surface area contributed by atoms with Gasteiger partial charge in [-0.15, -0.1) is 0 Å². The van der Waals surface area contributed by atoms with Crippen LogP contribution in [0.2, 0.25) is 0 Å². The van der Waals surface area contributed by atoms with Crippen LogP contribution in [-0.4, -0.2) is 33.4 Å². The molecule has 0 spiro atoms. The van der Waals surface area contributed by atoms with Crippen molar-refractivity contribution >= 4 is 16.9 Å². The van der Waals surface area contributed by atoms with E-state index < -0.39 is 0 Å². The van der Waals surface area contributed by atoms with E-state index >= 15 is 0 Å². The van der Waals surface area contributed by atoms with Gasteiger partial charge in [0.15, 0.2) is 0 Å². The lowest BCUT2D eigenvalue weighted by Crippen LogP contribution is -2.35. The third-order valence-corrected chi connectivity index (χ3v) is 5.18. The molecular formula is C22H23N3O2. The zero-order valence-electron chi connectivity index (χ0n) is 15.5. The molecule has 2 heterocycles. The number of carbonyl (C=O) groups excluding carboxylic acids is 1. The monoisotopic (exact) mass is 361 g/mol. The van der Waals surface area contributed by atoms with Gasteiger partial charge in [-0.1, -0.05) is 30.3 Å². The van der Waals surface area contributed by atoms with Crippen molar-refractivity contribution in [1.82, 2.24) is 14.5 Å². The number of aryl methyl sites for hydroxylation is 1. The Hall–Kier alpha value is -2.95. The van der Waals surface area contributed by atoms with Gasteiger partial charge in [-0.3, -0.25) is 9.59 Å². The lowest BCUT2D eigenvalue weighted by Gasteiger charge is -2.26. The molecule has 1 amide bonds. The van der Waals surface area contributed by atoms with Crippen molar-refractivity contribution in [3.8, 4) is 0 Å². The van der Waals surface area contributed by atoms with E-state index in [4.69, 9.17) is 0 Å². The minimum atomic E-state index is -0.0959. The first-order valence-corrected chi connectivity index (χ1v) is 9.48. The van der Waals surface area contributed by atoms with E-state index in [2.05, 4.69) is 4.98 Å². The van der Waals surface area contributed by atoms with Crippen LogP contribution >= 0.6 is 0 Å². The van der Waals surface area contributed by atoms with Crippen LogP contribution in [0.15, 0.2) is 53.3 Å². The highest BCUT2D eigenvalue weighted by Crippen LogP contribution is 2.18. The largest absolute Gasteiger partial charge is 0.339 e. The first-order valence-electron chi connectivity index (χ1n) is 9.48. The number of fused-ring (bicyclic) bond motifs is 1. The van der Waals surface area contributed by atoms with Gasteiger partial charge in [-0.2, -0.15) is 0 Å². The highest BCUT2D eigenvalue weighted by Gasteiger charge is 2.19. The Labute approximate surface area is 158 Å². The number of amides is 1. The Morgan fingerprint density at radius 3 is 2.52 bits per heavy atom. The predicted molar refractivity (Wildman–Crippen MR) is 106 cm³/mol. The quantitative estimate of drug-likeness (QED) is 0.719. The molecule has 2 aromatic carbocycles. The van der Waals surface area contributed by atoms with Crippen molar-refractivity contribution in [2.24, 2.45) is 0 Å². The van der Waals surface area contributed by atoms with Crippen molar-refractivity contribution in [3.63, 3.8) is 0 Å². The molecule has 0 aliphatic carbocycles. The van der Waals surface area contributed by atoms with E-state index in [9.17, 15) is 9.59 Å². The summed E-state index contributed by atoms with van der Waals surface area (Å²) in [6, 6.07) is 15.4. The SMILES string of the molecule is Cc1nc2cc(C(=O)N3CCCCC3)ccc2n(Cc2ccccc2)c1=O. The topological polar surface area (TPSA) is 55.2 Å². The second-order valence-corrected chi connectivity index (χ2v) is 7.13. The van der Waals surface area contributed by atoms with E-state index in [-0.39, 0.29) is 11.5 Å². The van der Waals surface area contributed by atoms with Gasteiger partial charge in [0.2, 0.25) is 0 Å². The summed E-state index contributed by atoms with van der Waals surface area (Å²) in [6.45, 7) is 3.84. The Bertz CT molecular complexity index is 1030. The summed E-state index contributed by atoms with van der Waals surface area (Å²) in [5, 5.41) is 0. The summed E-state index contributed by atoms with van der Waals surface area (Å²) in [4.78, 5) is 31.9. The van der Waals surface area contributed by atoms with Crippen LogP contribution in [0, 0.1) is 6.92 Å². The van der Waals surface area contributed by atoms with E-state index in [1.165, 1.54) is 6.42 Å². The van der Waals surface area contributed by atoms with Crippen molar-refractivity contribution < 1.29 is 4.79 Å². The summed E-state index contributed by atoms with van der Waals surface area (Å²) < 4.78 is 1.74. The summed E-state index contributed by atoms with van der Waals surface area (Å²) in [5.41, 5.74) is 3.49. The standard InChI is InChI=1S/C22H23N3O2/c1-16-21(26)25(15-17-8-4-2-5-9-17)20-11-10-18(14-19(20)23-16)22(27)24-12-6-3-7-13-24/h2,4-5,8-11,14H,3,6-7,12-13,15H2,1H3. The molecule has 1 saturated heterocycles. The Balaban J connectivity index is 1.75. The van der Waals surface area contributed by atoms with Gasteiger partial charge < -0.3 is 9.47 Å². The molecule has 1 aliphatic rings. The highest BCUT2D eigenvalue weighted by atomic mass is 16.2. The summed E-state index contributed by atoms with van der Waals surface area (Å²) in [7, 11) is 0. The van der Waals surface area contributed by atoms with E-state index in [0.29, 0.717) is 23.3 Å². The predicted octanol–water partition coefficient (Wildman–Crippen LogP) is 3.38. The summed E-state index contributed by atoms with van der Waals surface area (Å²) >= 11 is 0. The molecule has 0 atom stereocenters. The molecule has 1 aliphatic heterocycles. The Morgan fingerprint density at radius 2 is 1.78 bits per heavy atom. The minimum Gasteiger partial charge on any atom is -0.339 e. The van der Waals surface area contributed by atoms with E-state index in [0.717, 1.165) is 37.0 Å². The maximum atomic E-state index is 12.8. The average Bonchev–Trinajstić information content (AvgIpc) is 2.72. The zero-order valence-corrected chi connectivity index (χ0v) is 15.5. The van der Waals surface area contributed by atoms with Crippen LogP contribution in [0.3, 0.4) is 0 Å². The van der Waals surface area contributed by atoms with Gasteiger partial charge in [-0.25, -0.2) is 4.98 Å². The smallest absolute Gasteiger partial charge is 0.272 e. The fourth-order valence-corrected chi connectivity index (χ4v) is 3.71. The maximum Gasteiger partial charge on any atom is 0.272 e. The van der Waals surface area contributed by atoms with Crippen LogP contribution in [0.25, 0.3) is 11.0 Å². The van der Waals surface area contributed by atoms with Crippen LogP contribution in [0.5, 0.6) is 0 Å². The molecule has 0 bridgehead atoms. The average molecular weight is 361 g/mol. The Morgan fingerprint density at radius 1 is 1.04 bits per heavy atom. The van der Waals surface area contributed by atoms with Crippen LogP contribution in [0.1, 0.15) is 40.9 Å². The van der Waals surface area contributed by atoms with E-state index in [1.54, 1.807) is 11.5 Å². The van der Waals surface area contributed by atoms with Crippen LogP contribution in [-0.2, 0) is 6.54 Å². The van der Waals surface area contributed by atoms with Gasteiger partial charge in [-0.05, 0) is 49.9 Å². The molecule has 1 fully saturated rings. The molecule has 1 aromatic heterocycles. The Kier molecular flexibility index (Phi) is 4.75. The fourth-order valence-electron chi connectivity index (χ4n) is 3.71. The molecular weight excluding hydrogens is 338 g/mol. The first kappa shape index (κ1) is 17.5. The summed E-state index contributed by atoms with van der Waals surface area (Å²) in [5.74, 6) is 0.0527. The number of benzene rings is 2. The van der Waals surface area contributed by atoms with Crippen LogP contribution in [0.4, 0.5) is 0 Å². The molecule has 27 heavy (non-hydrogen) atoms. The van der Waals surface area contributed by atoms with Gasteiger partial charge >= 0.3 is 0 Å². The van der Waals surface area contributed by atoms with Crippen LogP contribution < -0.4 is 5.56 Å². The molecule has 4 rings (SSSR count).